The molecular weight excluding hydrogens is 259 g/mol. The molecule has 0 amide bonds. The monoisotopic (exact) mass is 260 g/mol. The summed E-state index contributed by atoms with van der Waals surface area (Å²) in [6, 6.07) is 0.0260. The Balaban J connectivity index is 3.19. The zero-order valence-corrected chi connectivity index (χ0v) is 7.99. The Morgan fingerprint density at radius 2 is 1.75 bits per heavy atom. The van der Waals surface area contributed by atoms with Crippen LogP contribution in [-0.4, -0.2) is 5.43 Å². The minimum atomic E-state index is -2.82. The third kappa shape index (κ3) is 2.41. The molecule has 1 aromatic carbocycles. The maximum Gasteiger partial charge on any atom is 0.406 e. The lowest BCUT2D eigenvalue weighted by atomic mass is 10.2. The number of benzene rings is 1. The van der Waals surface area contributed by atoms with E-state index in [2.05, 4.69) is 16.3 Å². The lowest BCUT2D eigenvalue weighted by Crippen LogP contribution is -2.07. The van der Waals surface area contributed by atoms with Gasteiger partial charge in [0.05, 0.1) is 5.56 Å². The van der Waals surface area contributed by atoms with Crippen molar-refractivity contribution in [3.63, 3.8) is 0 Å². The predicted octanol–water partition coefficient (Wildman–Crippen LogP) is 3.59. The van der Waals surface area contributed by atoms with Crippen LogP contribution in [0.3, 0.4) is 0 Å². The number of hydrogen-bond acceptors (Lipinski definition) is 2. The largest absolute Gasteiger partial charge is 0.415 e. The first-order valence-corrected chi connectivity index (χ1v) is 4.05. The van der Waals surface area contributed by atoms with Gasteiger partial charge in [0.15, 0.2) is 23.3 Å². The normalized spacial score (nSPS) is 12.4. The van der Waals surface area contributed by atoms with Crippen molar-refractivity contribution in [1.29, 1.82) is 0 Å². The molecule has 0 fully saturated rings. The fourth-order valence-electron chi connectivity index (χ4n) is 0.901. The minimum absolute atomic E-state index is 0.0260. The van der Waals surface area contributed by atoms with Crippen LogP contribution in [0.1, 0.15) is 11.9 Å². The summed E-state index contributed by atoms with van der Waals surface area (Å²) in [5, 5.41) is 0. The van der Waals surface area contributed by atoms with Crippen LogP contribution in [0.5, 0.6) is 0 Å². The molecule has 8 heteroatoms. The van der Waals surface area contributed by atoms with Crippen molar-refractivity contribution < 1.29 is 31.5 Å². The van der Waals surface area contributed by atoms with Gasteiger partial charge >= 0.3 is 5.43 Å². The van der Waals surface area contributed by atoms with E-state index in [1.54, 1.807) is 0 Å². The van der Waals surface area contributed by atoms with Crippen LogP contribution in [0.2, 0.25) is 0 Å². The lowest BCUT2D eigenvalue weighted by Gasteiger charge is -2.09. The second kappa shape index (κ2) is 4.65. The van der Waals surface area contributed by atoms with Crippen molar-refractivity contribution in [2.45, 2.75) is 6.36 Å². The van der Waals surface area contributed by atoms with Crippen molar-refractivity contribution in [3.8, 4) is 0 Å². The molecule has 0 saturated carbocycles. The first kappa shape index (κ1) is 12.7. The molecule has 0 N–H and O–H groups in total. The van der Waals surface area contributed by atoms with E-state index >= 15 is 0 Å². The minimum Gasteiger partial charge on any atom is -0.415 e. The van der Waals surface area contributed by atoms with E-state index < -0.39 is 40.6 Å². The maximum absolute atomic E-state index is 12.9. The molecule has 2 nitrogen and oxygen atoms in total. The van der Waals surface area contributed by atoms with Gasteiger partial charge in [-0.3, -0.25) is 0 Å². The highest BCUT2D eigenvalue weighted by atomic mass is 35.5. The third-order valence-electron chi connectivity index (χ3n) is 1.57. The predicted molar refractivity (Wildman–Crippen MR) is 42.5 cm³/mol. The van der Waals surface area contributed by atoms with E-state index in [9.17, 15) is 26.7 Å². The van der Waals surface area contributed by atoms with Crippen LogP contribution in [-0.2, 0) is 4.74 Å². The fraction of sp³-hybridized carbons (Fsp3) is 0.125. The van der Waals surface area contributed by atoms with E-state index in [1.807, 2.05) is 0 Å². The zero-order chi connectivity index (χ0) is 12.5. The van der Waals surface area contributed by atoms with Gasteiger partial charge in [0.2, 0.25) is 0 Å². The standard InChI is InChI=1S/C8H2ClF5O2/c9-8(15)16-7(14)2-1-3(10)5(12)6(13)4(2)11/h1,7H. The number of rotatable bonds is 2. The zero-order valence-electron chi connectivity index (χ0n) is 7.24. The number of ether oxygens (including phenoxy) is 1. The molecule has 0 heterocycles. The summed E-state index contributed by atoms with van der Waals surface area (Å²) in [4.78, 5) is 10.1. The molecular formula is C8H2ClF5O2. The second-order valence-electron chi connectivity index (χ2n) is 2.56. The molecule has 0 aromatic heterocycles. The van der Waals surface area contributed by atoms with Crippen molar-refractivity contribution in [3.05, 3.63) is 34.9 Å². The van der Waals surface area contributed by atoms with Crippen molar-refractivity contribution in [2.75, 3.05) is 0 Å². The van der Waals surface area contributed by atoms with E-state index in [0.29, 0.717) is 0 Å². The van der Waals surface area contributed by atoms with Gasteiger partial charge in [-0.2, -0.15) is 4.39 Å². The Kier molecular flexibility index (Phi) is 3.69. The first-order valence-electron chi connectivity index (χ1n) is 3.67. The smallest absolute Gasteiger partial charge is 0.406 e. The Bertz CT molecular complexity index is 437. The van der Waals surface area contributed by atoms with Gasteiger partial charge in [-0.1, -0.05) is 0 Å². The van der Waals surface area contributed by atoms with Gasteiger partial charge in [-0.25, -0.2) is 22.4 Å². The first-order chi connectivity index (χ1) is 7.34. The summed E-state index contributed by atoms with van der Waals surface area (Å²) >= 11 is 4.60. The molecule has 1 aromatic rings. The molecule has 0 aliphatic rings. The Morgan fingerprint density at radius 1 is 1.19 bits per heavy atom. The molecule has 0 spiro atoms. The van der Waals surface area contributed by atoms with Crippen LogP contribution in [0.4, 0.5) is 26.7 Å². The van der Waals surface area contributed by atoms with Gasteiger partial charge in [-0.05, 0) is 6.07 Å². The summed E-state index contributed by atoms with van der Waals surface area (Å²) < 4.78 is 67.1. The highest BCUT2D eigenvalue weighted by Gasteiger charge is 2.26. The molecule has 0 saturated heterocycles. The molecule has 0 aliphatic heterocycles. The number of alkyl halides is 1. The van der Waals surface area contributed by atoms with E-state index in [0.717, 1.165) is 0 Å². The molecule has 0 radical (unpaired) electrons. The average Bonchev–Trinajstić information content (AvgIpc) is 2.19. The van der Waals surface area contributed by atoms with Crippen molar-refractivity contribution >= 4 is 17.0 Å². The van der Waals surface area contributed by atoms with Gasteiger partial charge < -0.3 is 4.74 Å². The van der Waals surface area contributed by atoms with Gasteiger partial charge in [-0.15, -0.1) is 0 Å². The van der Waals surface area contributed by atoms with Gasteiger partial charge in [0, 0.05) is 11.6 Å². The molecule has 16 heavy (non-hydrogen) atoms. The summed E-state index contributed by atoms with van der Waals surface area (Å²) in [7, 11) is 0. The Hall–Kier alpha value is -1.37. The topological polar surface area (TPSA) is 26.3 Å². The van der Waals surface area contributed by atoms with Crippen molar-refractivity contribution in [2.24, 2.45) is 0 Å². The third-order valence-corrected chi connectivity index (χ3v) is 1.66. The highest BCUT2D eigenvalue weighted by molar-refractivity contribution is 6.61. The maximum atomic E-state index is 12.9. The van der Waals surface area contributed by atoms with Gasteiger partial charge in [0.1, 0.15) is 0 Å². The Labute approximate surface area is 90.6 Å². The quantitative estimate of drug-likeness (QED) is 0.352. The van der Waals surface area contributed by atoms with E-state index in [1.165, 1.54) is 0 Å². The van der Waals surface area contributed by atoms with Crippen molar-refractivity contribution in [1.82, 2.24) is 0 Å². The number of carbonyl (C=O) groups excluding carboxylic acids is 1. The average molecular weight is 261 g/mol. The number of hydrogen-bond donors (Lipinski definition) is 0. The molecule has 88 valence electrons. The summed E-state index contributed by atoms with van der Waals surface area (Å²) in [5.41, 5.74) is -2.94. The Morgan fingerprint density at radius 3 is 2.25 bits per heavy atom. The van der Waals surface area contributed by atoms with Crippen LogP contribution in [0.15, 0.2) is 6.07 Å². The number of carbonyl (C=O) groups is 1. The van der Waals surface area contributed by atoms with Crippen LogP contribution in [0.25, 0.3) is 0 Å². The molecule has 1 atom stereocenters. The van der Waals surface area contributed by atoms with Crippen LogP contribution >= 0.6 is 11.6 Å². The summed E-state index contributed by atoms with van der Waals surface area (Å²) in [6.45, 7) is 0. The fourth-order valence-corrected chi connectivity index (χ4v) is 0.979. The molecule has 0 aliphatic carbocycles. The number of halogens is 6. The second-order valence-corrected chi connectivity index (χ2v) is 2.87. The molecule has 0 bridgehead atoms. The van der Waals surface area contributed by atoms with E-state index in [4.69, 9.17) is 0 Å². The summed E-state index contributed by atoms with van der Waals surface area (Å²) in [6.07, 6.45) is -2.82. The molecule has 1 rings (SSSR count). The van der Waals surface area contributed by atoms with E-state index in [-0.39, 0.29) is 6.07 Å². The SMILES string of the molecule is O=C(Cl)OC(F)c1cc(F)c(F)c(F)c1F. The highest BCUT2D eigenvalue weighted by Crippen LogP contribution is 2.27. The molecule has 1 unspecified atom stereocenters. The van der Waals surface area contributed by atoms with Crippen LogP contribution < -0.4 is 0 Å². The lowest BCUT2D eigenvalue weighted by molar-refractivity contribution is 0.0241. The summed E-state index contributed by atoms with van der Waals surface area (Å²) in [5.74, 6) is -8.11. The van der Waals surface area contributed by atoms with Gasteiger partial charge in [0.25, 0.3) is 6.36 Å². The van der Waals surface area contributed by atoms with Crippen LogP contribution in [0, 0.1) is 23.3 Å².